The van der Waals surface area contributed by atoms with Gasteiger partial charge in [0.25, 0.3) is 0 Å². The maximum atomic E-state index is 6.12. The van der Waals surface area contributed by atoms with Gasteiger partial charge in [0.15, 0.2) is 11.0 Å². The Hall–Kier alpha value is -1.61. The second-order valence-corrected chi connectivity index (χ2v) is 5.17. The van der Waals surface area contributed by atoms with Crippen LogP contribution in [0.25, 0.3) is 0 Å². The van der Waals surface area contributed by atoms with Crippen molar-refractivity contribution in [3.63, 3.8) is 0 Å². The van der Waals surface area contributed by atoms with Crippen LogP contribution in [-0.4, -0.2) is 9.97 Å². The molecule has 1 atom stereocenters. The summed E-state index contributed by atoms with van der Waals surface area (Å²) in [7, 11) is 0. The van der Waals surface area contributed by atoms with Crippen LogP contribution in [0.5, 0.6) is 0 Å². The quantitative estimate of drug-likeness (QED) is 0.911. The first-order chi connectivity index (χ1) is 8.97. The zero-order chi connectivity index (χ0) is 14.0. The molecule has 0 fully saturated rings. The summed E-state index contributed by atoms with van der Waals surface area (Å²) in [6, 6.07) is 8.54. The standard InChI is InChI=1S/C15H18ClN3/c1-9-5-7-13(8-6-9)12(4)19-15-14(16)17-10(2)11(3)18-15/h5-8,12H,1-4H3,(H,18,19). The lowest BCUT2D eigenvalue weighted by atomic mass is 10.1. The molecule has 0 aliphatic carbocycles. The predicted octanol–water partition coefficient (Wildman–Crippen LogP) is 4.23. The van der Waals surface area contributed by atoms with Crippen molar-refractivity contribution in [3.05, 3.63) is 51.9 Å². The van der Waals surface area contributed by atoms with Crippen molar-refractivity contribution in [2.24, 2.45) is 0 Å². The second-order valence-electron chi connectivity index (χ2n) is 4.81. The lowest BCUT2D eigenvalue weighted by Crippen LogP contribution is -2.10. The van der Waals surface area contributed by atoms with Crippen LogP contribution in [0.2, 0.25) is 5.15 Å². The highest BCUT2D eigenvalue weighted by Gasteiger charge is 2.11. The van der Waals surface area contributed by atoms with Crippen molar-refractivity contribution >= 4 is 17.4 Å². The van der Waals surface area contributed by atoms with Gasteiger partial charge in [-0.15, -0.1) is 0 Å². The first-order valence-electron chi connectivity index (χ1n) is 6.31. The summed E-state index contributed by atoms with van der Waals surface area (Å²) in [5, 5.41) is 3.73. The number of nitrogens with zero attached hydrogens (tertiary/aromatic N) is 2. The van der Waals surface area contributed by atoms with Gasteiger partial charge in [-0.1, -0.05) is 41.4 Å². The van der Waals surface area contributed by atoms with Gasteiger partial charge >= 0.3 is 0 Å². The van der Waals surface area contributed by atoms with Crippen molar-refractivity contribution in [2.45, 2.75) is 33.7 Å². The van der Waals surface area contributed by atoms with Gasteiger partial charge in [-0.3, -0.25) is 0 Å². The highest BCUT2D eigenvalue weighted by Crippen LogP contribution is 2.24. The third-order valence-corrected chi connectivity index (χ3v) is 3.46. The number of hydrogen-bond donors (Lipinski definition) is 1. The molecular weight excluding hydrogens is 258 g/mol. The molecule has 0 saturated heterocycles. The van der Waals surface area contributed by atoms with E-state index in [1.165, 1.54) is 11.1 Å². The Morgan fingerprint density at radius 1 is 1.00 bits per heavy atom. The van der Waals surface area contributed by atoms with E-state index in [1.807, 2.05) is 13.8 Å². The van der Waals surface area contributed by atoms with E-state index in [0.29, 0.717) is 11.0 Å². The van der Waals surface area contributed by atoms with Crippen molar-refractivity contribution in [1.29, 1.82) is 0 Å². The van der Waals surface area contributed by atoms with Gasteiger partial charge in [0.2, 0.25) is 0 Å². The van der Waals surface area contributed by atoms with Crippen molar-refractivity contribution in [2.75, 3.05) is 5.32 Å². The van der Waals surface area contributed by atoms with E-state index in [-0.39, 0.29) is 6.04 Å². The molecule has 0 amide bonds. The third-order valence-electron chi connectivity index (χ3n) is 3.19. The molecule has 1 heterocycles. The summed E-state index contributed by atoms with van der Waals surface area (Å²) in [4.78, 5) is 8.72. The summed E-state index contributed by atoms with van der Waals surface area (Å²) < 4.78 is 0. The lowest BCUT2D eigenvalue weighted by Gasteiger charge is -2.16. The van der Waals surface area contributed by atoms with Crippen LogP contribution in [0.4, 0.5) is 5.82 Å². The molecule has 0 saturated carbocycles. The van der Waals surface area contributed by atoms with Crippen LogP contribution < -0.4 is 5.32 Å². The molecule has 1 aromatic heterocycles. The van der Waals surface area contributed by atoms with Crippen LogP contribution in [0.3, 0.4) is 0 Å². The monoisotopic (exact) mass is 275 g/mol. The molecule has 2 rings (SSSR count). The number of hydrogen-bond acceptors (Lipinski definition) is 3. The number of halogens is 1. The van der Waals surface area contributed by atoms with Gasteiger partial charge in [-0.05, 0) is 33.3 Å². The van der Waals surface area contributed by atoms with Gasteiger partial charge < -0.3 is 5.32 Å². The molecule has 1 unspecified atom stereocenters. The Balaban J connectivity index is 2.21. The first-order valence-corrected chi connectivity index (χ1v) is 6.69. The van der Waals surface area contributed by atoms with E-state index in [9.17, 15) is 0 Å². The van der Waals surface area contributed by atoms with Gasteiger partial charge in [0.05, 0.1) is 17.4 Å². The summed E-state index contributed by atoms with van der Waals surface area (Å²) >= 11 is 6.12. The molecule has 1 aromatic carbocycles. The number of aryl methyl sites for hydroxylation is 3. The maximum Gasteiger partial charge on any atom is 0.171 e. The third kappa shape index (κ3) is 3.24. The van der Waals surface area contributed by atoms with Crippen LogP contribution in [0, 0.1) is 20.8 Å². The smallest absolute Gasteiger partial charge is 0.171 e. The number of benzene rings is 1. The molecule has 3 nitrogen and oxygen atoms in total. The number of aromatic nitrogens is 2. The molecule has 0 bridgehead atoms. The van der Waals surface area contributed by atoms with Gasteiger partial charge in [-0.25, -0.2) is 9.97 Å². The summed E-state index contributed by atoms with van der Waals surface area (Å²) in [6.07, 6.45) is 0. The highest BCUT2D eigenvalue weighted by molar-refractivity contribution is 6.31. The number of anilines is 1. The Kier molecular flexibility index (Phi) is 4.05. The van der Waals surface area contributed by atoms with E-state index < -0.39 is 0 Å². The number of nitrogens with one attached hydrogen (secondary N) is 1. The van der Waals surface area contributed by atoms with Crippen LogP contribution >= 0.6 is 11.6 Å². The van der Waals surface area contributed by atoms with Gasteiger partial charge in [-0.2, -0.15) is 0 Å². The minimum absolute atomic E-state index is 0.134. The Morgan fingerprint density at radius 2 is 1.58 bits per heavy atom. The molecule has 1 N–H and O–H groups in total. The summed E-state index contributed by atoms with van der Waals surface area (Å²) in [5.41, 5.74) is 4.20. The van der Waals surface area contributed by atoms with Crippen LogP contribution in [0.15, 0.2) is 24.3 Å². The van der Waals surface area contributed by atoms with E-state index >= 15 is 0 Å². The minimum atomic E-state index is 0.134. The normalized spacial score (nSPS) is 12.3. The van der Waals surface area contributed by atoms with E-state index in [0.717, 1.165) is 11.4 Å². The fourth-order valence-corrected chi connectivity index (χ4v) is 2.03. The highest BCUT2D eigenvalue weighted by atomic mass is 35.5. The molecule has 4 heteroatoms. The van der Waals surface area contributed by atoms with Crippen molar-refractivity contribution < 1.29 is 0 Å². The van der Waals surface area contributed by atoms with Crippen molar-refractivity contribution in [1.82, 2.24) is 9.97 Å². The van der Waals surface area contributed by atoms with E-state index in [2.05, 4.69) is 53.4 Å². The molecule has 19 heavy (non-hydrogen) atoms. The lowest BCUT2D eigenvalue weighted by molar-refractivity contribution is 0.865. The second kappa shape index (κ2) is 5.57. The SMILES string of the molecule is Cc1ccc(C(C)Nc2nc(C)c(C)nc2Cl)cc1. The van der Waals surface area contributed by atoms with E-state index in [1.54, 1.807) is 0 Å². The average molecular weight is 276 g/mol. The fourth-order valence-electron chi connectivity index (χ4n) is 1.81. The Labute approximate surface area is 119 Å². The molecule has 100 valence electrons. The Bertz CT molecular complexity index is 579. The minimum Gasteiger partial charge on any atom is -0.361 e. The van der Waals surface area contributed by atoms with Crippen LogP contribution in [0.1, 0.15) is 35.5 Å². The molecule has 0 spiro atoms. The summed E-state index contributed by atoms with van der Waals surface area (Å²) in [5.74, 6) is 0.637. The maximum absolute atomic E-state index is 6.12. The predicted molar refractivity (Wildman–Crippen MR) is 79.7 cm³/mol. The molecular formula is C15H18ClN3. The van der Waals surface area contributed by atoms with E-state index in [4.69, 9.17) is 11.6 Å². The van der Waals surface area contributed by atoms with Crippen molar-refractivity contribution in [3.8, 4) is 0 Å². The fraction of sp³-hybridized carbons (Fsp3) is 0.333. The molecule has 2 aromatic rings. The Morgan fingerprint density at radius 3 is 2.21 bits per heavy atom. The van der Waals surface area contributed by atoms with Gasteiger partial charge in [0.1, 0.15) is 0 Å². The molecule has 0 aliphatic rings. The molecule has 0 radical (unpaired) electrons. The van der Waals surface area contributed by atoms with Crippen LogP contribution in [-0.2, 0) is 0 Å². The average Bonchev–Trinajstić information content (AvgIpc) is 2.36. The first kappa shape index (κ1) is 13.8. The summed E-state index contributed by atoms with van der Waals surface area (Å²) in [6.45, 7) is 7.99. The van der Waals surface area contributed by atoms with Gasteiger partial charge in [0, 0.05) is 0 Å². The number of rotatable bonds is 3. The zero-order valence-electron chi connectivity index (χ0n) is 11.7. The largest absolute Gasteiger partial charge is 0.361 e. The molecule has 0 aliphatic heterocycles. The topological polar surface area (TPSA) is 37.8 Å². The zero-order valence-corrected chi connectivity index (χ0v) is 12.4.